The molecule has 0 aliphatic heterocycles. The molecule has 1 aliphatic carbocycles. The highest BCUT2D eigenvalue weighted by Crippen LogP contribution is 2.46. The third-order valence-electron chi connectivity index (χ3n) is 5.35. The van der Waals surface area contributed by atoms with E-state index >= 15 is 0 Å². The summed E-state index contributed by atoms with van der Waals surface area (Å²) in [5.41, 5.74) is -4.78. The molecule has 3 aromatic rings. The Kier molecular flexibility index (Phi) is 6.58. The predicted molar refractivity (Wildman–Crippen MR) is 121 cm³/mol. The molecule has 31 heavy (non-hydrogen) atoms. The van der Waals surface area contributed by atoms with Crippen LogP contribution in [-0.2, 0) is 10.9 Å². The lowest BCUT2D eigenvalue weighted by molar-refractivity contribution is -0.0330. The number of halogens is 3. The summed E-state index contributed by atoms with van der Waals surface area (Å²) in [6.07, 6.45) is 3.79. The minimum atomic E-state index is -4.36. The van der Waals surface area contributed by atoms with E-state index in [1.807, 2.05) is 49.4 Å². The lowest BCUT2D eigenvalue weighted by Gasteiger charge is -2.27. The Morgan fingerprint density at radius 2 is 1.35 bits per heavy atom. The third kappa shape index (κ3) is 5.60. The van der Waals surface area contributed by atoms with Gasteiger partial charge in [-0.3, -0.25) is 0 Å². The van der Waals surface area contributed by atoms with Crippen LogP contribution in [0.25, 0.3) is 0 Å². The Hall–Kier alpha value is -2.05. The van der Waals surface area contributed by atoms with E-state index in [-0.39, 0.29) is 16.7 Å². The Labute approximate surface area is 188 Å². The first kappa shape index (κ1) is 22.2. The van der Waals surface area contributed by atoms with E-state index in [1.165, 1.54) is 0 Å². The van der Waals surface area contributed by atoms with Crippen molar-refractivity contribution in [2.75, 3.05) is 0 Å². The third-order valence-corrected chi connectivity index (χ3v) is 8.35. The quantitative estimate of drug-likeness (QED) is 0.271. The number of thioether (sulfide) groups is 1. The SMILES string of the molecule is CC1(Oc2cc([S+](c3ccccc3)c3ccccc3)ccc2SC(F)(F)F)CCCC1. The summed E-state index contributed by atoms with van der Waals surface area (Å²) in [4.78, 5) is 3.29. The van der Waals surface area contributed by atoms with Gasteiger partial charge in [-0.2, -0.15) is 13.2 Å². The van der Waals surface area contributed by atoms with Gasteiger partial charge in [-0.05, 0) is 80.8 Å². The molecular formula is C25H24F3OS2+. The molecule has 0 unspecified atom stereocenters. The maximum Gasteiger partial charge on any atom is 0.446 e. The molecule has 3 aromatic carbocycles. The lowest BCUT2D eigenvalue weighted by atomic mass is 10.1. The molecule has 1 saturated carbocycles. The van der Waals surface area contributed by atoms with Gasteiger partial charge in [0.2, 0.25) is 0 Å². The van der Waals surface area contributed by atoms with Crippen LogP contribution in [0.5, 0.6) is 5.75 Å². The van der Waals surface area contributed by atoms with Gasteiger partial charge >= 0.3 is 5.51 Å². The highest BCUT2D eigenvalue weighted by Gasteiger charge is 2.37. The maximum absolute atomic E-state index is 13.2. The zero-order valence-corrected chi connectivity index (χ0v) is 18.8. The molecule has 4 rings (SSSR count). The van der Waals surface area contributed by atoms with Crippen molar-refractivity contribution in [1.82, 2.24) is 0 Å². The van der Waals surface area contributed by atoms with Crippen molar-refractivity contribution in [3.8, 4) is 5.75 Å². The number of benzene rings is 3. The van der Waals surface area contributed by atoms with Crippen molar-refractivity contribution in [3.05, 3.63) is 78.9 Å². The summed E-state index contributed by atoms with van der Waals surface area (Å²) >= 11 is -0.100. The number of rotatable bonds is 6. The maximum atomic E-state index is 13.2. The minimum Gasteiger partial charge on any atom is -0.486 e. The molecule has 0 aromatic heterocycles. The lowest BCUT2D eigenvalue weighted by Crippen LogP contribution is -2.28. The van der Waals surface area contributed by atoms with Crippen LogP contribution in [0, 0.1) is 0 Å². The van der Waals surface area contributed by atoms with Crippen molar-refractivity contribution >= 4 is 22.7 Å². The molecule has 0 spiro atoms. The first-order valence-corrected chi connectivity index (χ1v) is 12.3. The zero-order chi connectivity index (χ0) is 21.9. The molecule has 0 heterocycles. The van der Waals surface area contributed by atoms with E-state index in [1.54, 1.807) is 12.1 Å². The second-order valence-corrected chi connectivity index (χ2v) is 11.0. The Balaban J connectivity index is 1.79. The summed E-state index contributed by atoms with van der Waals surface area (Å²) in [6, 6.07) is 25.3. The molecule has 0 atom stereocenters. The van der Waals surface area contributed by atoms with E-state index in [4.69, 9.17) is 4.74 Å². The smallest absolute Gasteiger partial charge is 0.446 e. The van der Waals surface area contributed by atoms with Gasteiger partial charge in [0.1, 0.15) is 11.4 Å². The van der Waals surface area contributed by atoms with Crippen molar-refractivity contribution in [3.63, 3.8) is 0 Å². The fourth-order valence-corrected chi connectivity index (χ4v) is 6.61. The monoisotopic (exact) mass is 461 g/mol. The first-order chi connectivity index (χ1) is 14.8. The van der Waals surface area contributed by atoms with E-state index in [9.17, 15) is 13.2 Å². The van der Waals surface area contributed by atoms with E-state index in [0.29, 0.717) is 5.75 Å². The van der Waals surface area contributed by atoms with E-state index < -0.39 is 22.0 Å². The molecule has 1 aliphatic rings. The van der Waals surface area contributed by atoms with Crippen LogP contribution in [-0.4, -0.2) is 11.1 Å². The molecule has 6 heteroatoms. The van der Waals surface area contributed by atoms with Crippen molar-refractivity contribution in [2.45, 2.75) is 63.3 Å². The average Bonchev–Trinajstić information content (AvgIpc) is 3.17. The standard InChI is InChI=1S/C25H24F3OS2/c1-24(16-8-9-17-24)29-22-18-21(14-15-23(22)30-25(26,27)28)31(19-10-4-2-5-11-19)20-12-6-3-7-13-20/h2-7,10-15,18H,8-9,16-17H2,1H3/q+1. The van der Waals surface area contributed by atoms with Crippen LogP contribution in [0.4, 0.5) is 13.2 Å². The van der Waals surface area contributed by atoms with Crippen LogP contribution < -0.4 is 4.74 Å². The van der Waals surface area contributed by atoms with E-state index in [0.717, 1.165) is 40.4 Å². The number of hydrogen-bond donors (Lipinski definition) is 0. The van der Waals surface area contributed by atoms with Crippen LogP contribution in [0.3, 0.4) is 0 Å². The van der Waals surface area contributed by atoms with Gasteiger partial charge in [-0.25, -0.2) is 0 Å². The Morgan fingerprint density at radius 3 is 1.87 bits per heavy atom. The van der Waals surface area contributed by atoms with Crippen LogP contribution in [0.2, 0.25) is 0 Å². The topological polar surface area (TPSA) is 9.23 Å². The normalized spacial score (nSPS) is 15.9. The number of hydrogen-bond acceptors (Lipinski definition) is 2. The average molecular weight is 462 g/mol. The van der Waals surface area contributed by atoms with Crippen molar-refractivity contribution in [2.24, 2.45) is 0 Å². The van der Waals surface area contributed by atoms with Crippen LogP contribution in [0.1, 0.15) is 32.6 Å². The van der Waals surface area contributed by atoms with Crippen LogP contribution in [0.15, 0.2) is 98.4 Å². The molecule has 0 radical (unpaired) electrons. The second-order valence-electron chi connectivity index (χ2n) is 7.85. The fourth-order valence-electron chi connectivity index (χ4n) is 3.92. The molecule has 1 fully saturated rings. The van der Waals surface area contributed by atoms with Gasteiger partial charge in [-0.15, -0.1) is 0 Å². The van der Waals surface area contributed by atoms with Crippen molar-refractivity contribution < 1.29 is 17.9 Å². The molecule has 0 amide bonds. The Bertz CT molecular complexity index is 961. The van der Waals surface area contributed by atoms with Crippen molar-refractivity contribution in [1.29, 1.82) is 0 Å². The summed E-state index contributed by atoms with van der Waals surface area (Å²) in [5.74, 6) is 0.327. The summed E-state index contributed by atoms with van der Waals surface area (Å²) in [5, 5.41) is 0. The summed E-state index contributed by atoms with van der Waals surface area (Å²) in [6.45, 7) is 2.00. The molecule has 0 saturated heterocycles. The first-order valence-electron chi connectivity index (χ1n) is 10.3. The van der Waals surface area contributed by atoms with Gasteiger partial charge in [0.15, 0.2) is 14.7 Å². The van der Waals surface area contributed by atoms with Crippen LogP contribution >= 0.6 is 11.8 Å². The molecular weight excluding hydrogens is 437 g/mol. The van der Waals surface area contributed by atoms with Gasteiger partial charge < -0.3 is 4.74 Å². The second kappa shape index (κ2) is 9.21. The summed E-state index contributed by atoms with van der Waals surface area (Å²) < 4.78 is 46.0. The van der Waals surface area contributed by atoms with E-state index in [2.05, 4.69) is 24.3 Å². The van der Waals surface area contributed by atoms with Gasteiger partial charge in [0, 0.05) is 6.07 Å². The fraction of sp³-hybridized carbons (Fsp3) is 0.280. The highest BCUT2D eigenvalue weighted by atomic mass is 32.2. The number of ether oxygens (including phenoxy) is 1. The minimum absolute atomic E-state index is 0.100. The summed E-state index contributed by atoms with van der Waals surface area (Å²) in [7, 11) is -0.443. The van der Waals surface area contributed by atoms with Gasteiger partial charge in [0.25, 0.3) is 0 Å². The van der Waals surface area contributed by atoms with Gasteiger partial charge in [-0.1, -0.05) is 36.4 Å². The zero-order valence-electron chi connectivity index (χ0n) is 17.2. The highest BCUT2D eigenvalue weighted by molar-refractivity contribution is 8.00. The molecule has 0 bridgehead atoms. The molecule has 162 valence electrons. The molecule has 1 nitrogen and oxygen atoms in total. The van der Waals surface area contributed by atoms with Gasteiger partial charge in [0.05, 0.1) is 15.8 Å². The molecule has 0 N–H and O–H groups in total. The number of alkyl halides is 3. The Morgan fingerprint density at radius 1 is 0.806 bits per heavy atom. The predicted octanol–water partition coefficient (Wildman–Crippen LogP) is 8.11. The largest absolute Gasteiger partial charge is 0.486 e.